The Kier molecular flexibility index (Phi) is 6.27. The van der Waals surface area contributed by atoms with Gasteiger partial charge in [0.15, 0.2) is 0 Å². The smallest absolute Gasteiger partial charge is 0.248 e. The molecule has 152 valence electrons. The van der Waals surface area contributed by atoms with Gasteiger partial charge in [-0.25, -0.2) is 0 Å². The number of nitrogens with one attached hydrogen (secondary N) is 1. The van der Waals surface area contributed by atoms with Gasteiger partial charge in [0.1, 0.15) is 17.1 Å². The Morgan fingerprint density at radius 1 is 1.10 bits per heavy atom. The number of fused-ring (bicyclic) bond motifs is 1. The number of benzene rings is 2. The molecule has 0 bridgehead atoms. The van der Waals surface area contributed by atoms with E-state index in [1.807, 2.05) is 65.0 Å². The first kappa shape index (κ1) is 20.5. The lowest BCUT2D eigenvalue weighted by atomic mass is 9.98. The van der Waals surface area contributed by atoms with Crippen LogP contribution in [-0.2, 0) is 4.79 Å². The van der Waals surface area contributed by atoms with Gasteiger partial charge in [0, 0.05) is 28.3 Å². The minimum Gasteiger partial charge on any atom is -0.494 e. The van der Waals surface area contributed by atoms with Gasteiger partial charge < -0.3 is 19.2 Å². The fraction of sp³-hybridized carbons (Fsp3) is 0.292. The lowest BCUT2D eigenvalue weighted by Gasteiger charge is -2.14. The Hall–Kier alpha value is -3.21. The van der Waals surface area contributed by atoms with Crippen molar-refractivity contribution in [2.45, 2.75) is 34.6 Å². The third kappa shape index (κ3) is 4.45. The lowest BCUT2D eigenvalue weighted by Crippen LogP contribution is -2.09. The minimum absolute atomic E-state index is 0.198. The van der Waals surface area contributed by atoms with E-state index >= 15 is 0 Å². The molecule has 1 aromatic heterocycles. The second-order valence-corrected chi connectivity index (χ2v) is 6.88. The number of carbonyl (C=O) groups is 1. The topological polar surface area (TPSA) is 60.7 Å². The second-order valence-electron chi connectivity index (χ2n) is 6.88. The van der Waals surface area contributed by atoms with E-state index in [2.05, 4.69) is 5.32 Å². The summed E-state index contributed by atoms with van der Waals surface area (Å²) in [5.41, 5.74) is 5.24. The molecule has 1 amide bonds. The van der Waals surface area contributed by atoms with Crippen molar-refractivity contribution in [2.24, 2.45) is 0 Å². The molecule has 0 radical (unpaired) electrons. The van der Waals surface area contributed by atoms with Crippen LogP contribution in [0.3, 0.4) is 0 Å². The maximum atomic E-state index is 12.6. The van der Waals surface area contributed by atoms with Crippen molar-refractivity contribution in [1.82, 2.24) is 0 Å². The fourth-order valence-electron chi connectivity index (χ4n) is 3.32. The average Bonchev–Trinajstić information content (AvgIpc) is 3.06. The van der Waals surface area contributed by atoms with Crippen molar-refractivity contribution in [2.75, 3.05) is 18.5 Å². The molecule has 0 fully saturated rings. The Morgan fingerprint density at radius 2 is 1.79 bits per heavy atom. The molecule has 0 atom stereocenters. The molecule has 2 aromatic carbocycles. The van der Waals surface area contributed by atoms with Crippen LogP contribution in [0.2, 0.25) is 0 Å². The zero-order valence-corrected chi connectivity index (χ0v) is 17.6. The van der Waals surface area contributed by atoms with Crippen LogP contribution in [0.5, 0.6) is 11.5 Å². The zero-order chi connectivity index (χ0) is 21.0. The van der Waals surface area contributed by atoms with Crippen molar-refractivity contribution in [1.29, 1.82) is 0 Å². The number of rotatable bonds is 7. The first-order valence-electron chi connectivity index (χ1n) is 9.81. The summed E-state index contributed by atoms with van der Waals surface area (Å²) in [5, 5.41) is 3.92. The van der Waals surface area contributed by atoms with Crippen LogP contribution < -0.4 is 14.8 Å². The highest BCUT2D eigenvalue weighted by Gasteiger charge is 2.17. The number of amides is 1. The normalized spacial score (nSPS) is 11.6. The van der Waals surface area contributed by atoms with E-state index in [1.165, 1.54) is 0 Å². The Balaban J connectivity index is 1.89. The monoisotopic (exact) mass is 393 g/mol. The summed E-state index contributed by atoms with van der Waals surface area (Å²) in [6.07, 6.45) is 3.34. The lowest BCUT2D eigenvalue weighted by molar-refractivity contribution is -0.111. The van der Waals surface area contributed by atoms with E-state index in [0.29, 0.717) is 18.9 Å². The van der Waals surface area contributed by atoms with E-state index in [1.54, 1.807) is 12.3 Å². The van der Waals surface area contributed by atoms with E-state index in [4.69, 9.17) is 13.9 Å². The third-order valence-corrected chi connectivity index (χ3v) is 4.73. The van der Waals surface area contributed by atoms with Gasteiger partial charge in [-0.15, -0.1) is 0 Å². The molecule has 29 heavy (non-hydrogen) atoms. The highest BCUT2D eigenvalue weighted by molar-refractivity contribution is 6.05. The van der Waals surface area contributed by atoms with Crippen LogP contribution in [0.15, 0.2) is 47.1 Å². The number of anilines is 1. The molecule has 0 saturated heterocycles. The van der Waals surface area contributed by atoms with Crippen molar-refractivity contribution in [3.05, 3.63) is 59.4 Å². The molecule has 0 unspecified atom stereocenters. The van der Waals surface area contributed by atoms with E-state index in [0.717, 1.165) is 44.7 Å². The first-order valence-corrected chi connectivity index (χ1v) is 9.81. The van der Waals surface area contributed by atoms with Gasteiger partial charge in [0.2, 0.25) is 5.91 Å². The molecule has 3 rings (SSSR count). The van der Waals surface area contributed by atoms with E-state index < -0.39 is 0 Å². The highest BCUT2D eigenvalue weighted by Crippen LogP contribution is 2.37. The first-order chi connectivity index (χ1) is 13.9. The van der Waals surface area contributed by atoms with Crippen molar-refractivity contribution in [3.8, 4) is 11.5 Å². The Labute approximate surface area is 171 Å². The molecule has 0 aliphatic carbocycles. The number of hydrogen-bond donors (Lipinski definition) is 1. The van der Waals surface area contributed by atoms with Crippen molar-refractivity contribution in [3.63, 3.8) is 0 Å². The molecule has 1 N–H and O–H groups in total. The van der Waals surface area contributed by atoms with Crippen LogP contribution in [0, 0.1) is 13.8 Å². The quantitative estimate of drug-likeness (QED) is 0.509. The van der Waals surface area contributed by atoms with Gasteiger partial charge in [-0.05, 0) is 76.1 Å². The summed E-state index contributed by atoms with van der Waals surface area (Å²) in [7, 11) is 0. The largest absolute Gasteiger partial charge is 0.494 e. The van der Waals surface area contributed by atoms with Crippen molar-refractivity contribution >= 4 is 28.1 Å². The van der Waals surface area contributed by atoms with Gasteiger partial charge in [-0.3, -0.25) is 4.79 Å². The molecule has 5 heteroatoms. The standard InChI is InChI=1S/C24H27NO4/c1-6-27-19-10-8-18(9-11-19)25-22(26)12-15(3)20-13-21-16(4)14-29-24(21)17(5)23(20)28-7-2/h8-14H,6-7H2,1-5H3,(H,25,26)/b15-12+. The summed E-state index contributed by atoms with van der Waals surface area (Å²) in [4.78, 5) is 12.6. The van der Waals surface area contributed by atoms with Crippen LogP contribution >= 0.6 is 0 Å². The second kappa shape index (κ2) is 8.86. The summed E-state index contributed by atoms with van der Waals surface area (Å²) < 4.78 is 17.0. The summed E-state index contributed by atoms with van der Waals surface area (Å²) >= 11 is 0. The molecular formula is C24H27NO4. The number of hydrogen-bond acceptors (Lipinski definition) is 4. The summed E-state index contributed by atoms with van der Waals surface area (Å²) in [5.74, 6) is 1.32. The van der Waals surface area contributed by atoms with E-state index in [9.17, 15) is 4.79 Å². The Bertz CT molecular complexity index is 1040. The predicted molar refractivity (Wildman–Crippen MR) is 117 cm³/mol. The average molecular weight is 393 g/mol. The number of aryl methyl sites for hydroxylation is 2. The zero-order valence-electron chi connectivity index (χ0n) is 17.6. The SMILES string of the molecule is CCOc1ccc(NC(=O)/C=C(\C)c2cc3c(C)coc3c(C)c2OCC)cc1. The number of carbonyl (C=O) groups excluding carboxylic acids is 1. The summed E-state index contributed by atoms with van der Waals surface area (Å²) in [6.45, 7) is 10.9. The van der Waals surface area contributed by atoms with Gasteiger partial charge in [0.25, 0.3) is 0 Å². The van der Waals surface area contributed by atoms with Crippen molar-refractivity contribution < 1.29 is 18.7 Å². The molecule has 1 heterocycles. The molecule has 0 saturated carbocycles. The Morgan fingerprint density at radius 3 is 2.45 bits per heavy atom. The van der Waals surface area contributed by atoms with Gasteiger partial charge >= 0.3 is 0 Å². The fourth-order valence-corrected chi connectivity index (χ4v) is 3.32. The van der Waals surface area contributed by atoms with Gasteiger partial charge in [-0.2, -0.15) is 0 Å². The highest BCUT2D eigenvalue weighted by atomic mass is 16.5. The molecule has 5 nitrogen and oxygen atoms in total. The number of ether oxygens (including phenoxy) is 2. The minimum atomic E-state index is -0.198. The van der Waals surface area contributed by atoms with Gasteiger partial charge in [-0.1, -0.05) is 0 Å². The van der Waals surface area contributed by atoms with Crippen LogP contribution in [-0.4, -0.2) is 19.1 Å². The maximum absolute atomic E-state index is 12.6. The molecule has 0 aliphatic heterocycles. The molecule has 0 spiro atoms. The maximum Gasteiger partial charge on any atom is 0.248 e. The van der Waals surface area contributed by atoms with Crippen LogP contribution in [0.25, 0.3) is 16.5 Å². The molecular weight excluding hydrogens is 366 g/mol. The molecule has 3 aromatic rings. The van der Waals surface area contributed by atoms with Crippen LogP contribution in [0.1, 0.15) is 37.5 Å². The number of furan rings is 1. The van der Waals surface area contributed by atoms with E-state index in [-0.39, 0.29) is 5.91 Å². The van der Waals surface area contributed by atoms with Gasteiger partial charge in [0.05, 0.1) is 19.5 Å². The summed E-state index contributed by atoms with van der Waals surface area (Å²) in [6, 6.07) is 9.34. The van der Waals surface area contributed by atoms with Crippen LogP contribution in [0.4, 0.5) is 5.69 Å². The third-order valence-electron chi connectivity index (χ3n) is 4.73. The predicted octanol–water partition coefficient (Wildman–Crippen LogP) is 5.89. The molecule has 0 aliphatic rings. The number of allylic oxidation sites excluding steroid dienone is 1.